The normalized spacial score (nSPS) is 14.8. The second-order valence-electron chi connectivity index (χ2n) is 6.83. The summed E-state index contributed by atoms with van der Waals surface area (Å²) in [6, 6.07) is 8.54. The molecule has 1 amide bonds. The molecule has 1 aliphatic heterocycles. The first-order valence-corrected chi connectivity index (χ1v) is 12.0. The van der Waals surface area contributed by atoms with E-state index in [9.17, 15) is 18.0 Å². The molecule has 1 aliphatic rings. The number of carbonyl (C=O) groups excluding carboxylic acids is 2. The first-order chi connectivity index (χ1) is 14.7. The van der Waals surface area contributed by atoms with E-state index in [0.29, 0.717) is 13.1 Å². The summed E-state index contributed by atoms with van der Waals surface area (Å²) in [6.45, 7) is 0.231. The summed E-state index contributed by atoms with van der Waals surface area (Å²) in [4.78, 5) is 24.5. The van der Waals surface area contributed by atoms with Crippen LogP contribution < -0.4 is 5.32 Å². The number of anilines is 1. The maximum atomic E-state index is 12.8. The zero-order chi connectivity index (χ0) is 22.6. The van der Waals surface area contributed by atoms with Crippen LogP contribution in [0, 0.1) is 0 Å². The number of amides is 1. The molecule has 1 saturated heterocycles. The summed E-state index contributed by atoms with van der Waals surface area (Å²) < 4.78 is 32.1. The summed E-state index contributed by atoms with van der Waals surface area (Å²) >= 11 is 18.0. The Kier molecular flexibility index (Phi) is 7.82. The second kappa shape index (κ2) is 10.2. The van der Waals surface area contributed by atoms with E-state index in [2.05, 4.69) is 5.32 Å². The fourth-order valence-corrected chi connectivity index (χ4v) is 5.16. The van der Waals surface area contributed by atoms with Gasteiger partial charge in [-0.3, -0.25) is 4.79 Å². The quantitative estimate of drug-likeness (QED) is 0.579. The van der Waals surface area contributed by atoms with Crippen molar-refractivity contribution in [2.24, 2.45) is 0 Å². The Balaban J connectivity index is 1.69. The molecule has 7 nitrogen and oxygen atoms in total. The van der Waals surface area contributed by atoms with Crippen LogP contribution in [0.3, 0.4) is 0 Å². The van der Waals surface area contributed by atoms with E-state index in [1.54, 1.807) is 18.2 Å². The molecule has 1 heterocycles. The van der Waals surface area contributed by atoms with Crippen molar-refractivity contribution in [2.75, 3.05) is 25.0 Å². The van der Waals surface area contributed by atoms with Crippen LogP contribution in [-0.2, 0) is 19.6 Å². The highest BCUT2D eigenvalue weighted by molar-refractivity contribution is 7.89. The fraction of sp³-hybridized carbons (Fsp3) is 0.300. The largest absolute Gasteiger partial charge is 0.452 e. The number of rotatable bonds is 6. The predicted molar refractivity (Wildman–Crippen MR) is 119 cm³/mol. The highest BCUT2D eigenvalue weighted by Crippen LogP contribution is 2.29. The molecule has 0 saturated carbocycles. The van der Waals surface area contributed by atoms with E-state index < -0.39 is 28.5 Å². The Hall–Kier alpha value is -1.84. The van der Waals surface area contributed by atoms with Crippen molar-refractivity contribution in [3.63, 3.8) is 0 Å². The Labute approximate surface area is 195 Å². The minimum Gasteiger partial charge on any atom is -0.452 e. The topological polar surface area (TPSA) is 92.8 Å². The van der Waals surface area contributed by atoms with E-state index >= 15 is 0 Å². The highest BCUT2D eigenvalue weighted by atomic mass is 35.5. The van der Waals surface area contributed by atoms with Crippen molar-refractivity contribution in [3.8, 4) is 0 Å². The monoisotopic (exact) mass is 504 g/mol. The van der Waals surface area contributed by atoms with Gasteiger partial charge < -0.3 is 10.1 Å². The third-order valence-corrected chi connectivity index (χ3v) is 7.71. The average molecular weight is 506 g/mol. The molecular weight excluding hydrogens is 487 g/mol. The van der Waals surface area contributed by atoms with Crippen molar-refractivity contribution in [1.29, 1.82) is 0 Å². The number of hydrogen-bond donors (Lipinski definition) is 1. The minimum atomic E-state index is -3.76. The van der Waals surface area contributed by atoms with Crippen LogP contribution in [0.25, 0.3) is 0 Å². The third-order valence-electron chi connectivity index (χ3n) is 4.67. The number of esters is 1. The lowest BCUT2D eigenvalue weighted by atomic mass is 10.2. The van der Waals surface area contributed by atoms with Crippen molar-refractivity contribution in [1.82, 2.24) is 4.31 Å². The lowest BCUT2D eigenvalue weighted by Gasteiger charge is -2.26. The second-order valence-corrected chi connectivity index (χ2v) is 9.96. The van der Waals surface area contributed by atoms with Gasteiger partial charge in [0.2, 0.25) is 10.0 Å². The Bertz CT molecular complexity index is 1100. The Morgan fingerprint density at radius 1 is 1.00 bits per heavy atom. The molecule has 1 N–H and O–H groups in total. The number of halogens is 3. The van der Waals surface area contributed by atoms with E-state index in [-0.39, 0.29) is 31.2 Å². The molecular formula is C20H19Cl3N2O5S. The summed E-state index contributed by atoms with van der Waals surface area (Å²) in [7, 11) is -3.76. The first kappa shape index (κ1) is 23.8. The fourth-order valence-electron chi connectivity index (χ4n) is 3.07. The SMILES string of the molecule is O=C(COC(=O)c1cc(S(=O)(=O)N2CCCCC2)ccc1Cl)Nc1cccc(Cl)c1Cl. The van der Waals surface area contributed by atoms with Crippen LogP contribution in [-0.4, -0.2) is 44.3 Å². The van der Waals surface area contributed by atoms with Gasteiger partial charge in [-0.05, 0) is 43.2 Å². The van der Waals surface area contributed by atoms with Gasteiger partial charge in [0.1, 0.15) is 0 Å². The molecule has 1 fully saturated rings. The van der Waals surface area contributed by atoms with Gasteiger partial charge in [0.15, 0.2) is 6.61 Å². The van der Waals surface area contributed by atoms with E-state index in [1.807, 2.05) is 0 Å². The van der Waals surface area contributed by atoms with Gasteiger partial charge in [-0.1, -0.05) is 47.3 Å². The molecule has 3 rings (SSSR count). The summed E-state index contributed by atoms with van der Waals surface area (Å²) in [6.07, 6.45) is 2.55. The Morgan fingerprint density at radius 2 is 1.71 bits per heavy atom. The van der Waals surface area contributed by atoms with Crippen molar-refractivity contribution in [3.05, 3.63) is 57.0 Å². The number of hydrogen-bond acceptors (Lipinski definition) is 5. The third kappa shape index (κ3) is 5.70. The smallest absolute Gasteiger partial charge is 0.340 e. The minimum absolute atomic E-state index is 0.0147. The van der Waals surface area contributed by atoms with Crippen LogP contribution in [0.1, 0.15) is 29.6 Å². The number of ether oxygens (including phenoxy) is 1. The molecule has 0 radical (unpaired) electrons. The summed E-state index contributed by atoms with van der Waals surface area (Å²) in [5, 5.41) is 2.91. The number of carbonyl (C=O) groups is 2. The maximum Gasteiger partial charge on any atom is 0.340 e. The molecule has 2 aromatic rings. The first-order valence-electron chi connectivity index (χ1n) is 9.41. The van der Waals surface area contributed by atoms with Crippen LogP contribution >= 0.6 is 34.8 Å². The van der Waals surface area contributed by atoms with Gasteiger partial charge in [0, 0.05) is 13.1 Å². The van der Waals surface area contributed by atoms with Crippen molar-refractivity contribution >= 4 is 62.4 Å². The van der Waals surface area contributed by atoms with Crippen LogP contribution in [0.5, 0.6) is 0 Å². The number of benzene rings is 2. The van der Waals surface area contributed by atoms with Crippen molar-refractivity contribution < 1.29 is 22.7 Å². The van der Waals surface area contributed by atoms with E-state index in [0.717, 1.165) is 19.3 Å². The molecule has 166 valence electrons. The van der Waals surface area contributed by atoms with Gasteiger partial charge in [0.05, 0.1) is 31.2 Å². The van der Waals surface area contributed by atoms with E-state index in [4.69, 9.17) is 39.5 Å². The van der Waals surface area contributed by atoms with E-state index in [1.165, 1.54) is 22.5 Å². The van der Waals surface area contributed by atoms with Gasteiger partial charge in [-0.2, -0.15) is 4.31 Å². The molecule has 0 bridgehead atoms. The molecule has 11 heteroatoms. The molecule has 0 atom stereocenters. The van der Waals surface area contributed by atoms with Gasteiger partial charge in [-0.25, -0.2) is 13.2 Å². The average Bonchev–Trinajstić information content (AvgIpc) is 2.76. The number of nitrogens with zero attached hydrogens (tertiary/aromatic N) is 1. The van der Waals surface area contributed by atoms with Gasteiger partial charge in [0.25, 0.3) is 5.91 Å². The van der Waals surface area contributed by atoms with Gasteiger partial charge >= 0.3 is 5.97 Å². The summed E-state index contributed by atoms with van der Waals surface area (Å²) in [5.41, 5.74) is 0.121. The number of piperidine rings is 1. The lowest BCUT2D eigenvalue weighted by Crippen LogP contribution is -2.35. The Morgan fingerprint density at radius 3 is 2.42 bits per heavy atom. The number of nitrogens with one attached hydrogen (secondary N) is 1. The molecule has 0 unspecified atom stereocenters. The number of sulfonamides is 1. The van der Waals surface area contributed by atoms with Crippen molar-refractivity contribution in [2.45, 2.75) is 24.2 Å². The van der Waals surface area contributed by atoms with Crippen LogP contribution in [0.15, 0.2) is 41.3 Å². The molecule has 0 aromatic heterocycles. The zero-order valence-corrected chi connectivity index (χ0v) is 19.3. The lowest BCUT2D eigenvalue weighted by molar-refractivity contribution is -0.119. The molecule has 0 spiro atoms. The zero-order valence-electron chi connectivity index (χ0n) is 16.2. The van der Waals surface area contributed by atoms with Crippen LogP contribution in [0.4, 0.5) is 5.69 Å². The van der Waals surface area contributed by atoms with Crippen LogP contribution in [0.2, 0.25) is 15.1 Å². The maximum absolute atomic E-state index is 12.8. The highest BCUT2D eigenvalue weighted by Gasteiger charge is 2.27. The standard InChI is InChI=1S/C20H19Cl3N2O5S/c21-15-8-7-13(31(28,29)25-9-2-1-3-10-25)11-14(15)20(27)30-12-18(26)24-17-6-4-5-16(22)19(17)23/h4-8,11H,1-3,9-10,12H2,(H,24,26). The van der Waals surface area contributed by atoms with Gasteiger partial charge in [-0.15, -0.1) is 0 Å². The molecule has 2 aromatic carbocycles. The molecule has 0 aliphatic carbocycles. The predicted octanol–water partition coefficient (Wildman–Crippen LogP) is 4.62. The molecule has 31 heavy (non-hydrogen) atoms. The summed E-state index contributed by atoms with van der Waals surface area (Å²) in [5.74, 6) is -1.57.